The van der Waals surface area contributed by atoms with Crippen molar-refractivity contribution in [2.75, 3.05) is 7.05 Å². The minimum absolute atomic E-state index is 0.0148. The molecule has 1 aliphatic carbocycles. The molecule has 0 saturated heterocycles. The third-order valence-corrected chi connectivity index (χ3v) is 6.36. The van der Waals surface area contributed by atoms with Crippen LogP contribution in [0.25, 0.3) is 11.1 Å². The Morgan fingerprint density at radius 1 is 1.12 bits per heavy atom. The zero-order valence-electron chi connectivity index (χ0n) is 19.7. The first kappa shape index (κ1) is 24.0. The van der Waals surface area contributed by atoms with Crippen molar-refractivity contribution in [1.82, 2.24) is 4.90 Å². The van der Waals surface area contributed by atoms with Gasteiger partial charge in [-0.25, -0.2) is 4.79 Å². The highest BCUT2D eigenvalue weighted by Gasteiger charge is 2.24. The molecule has 1 saturated carbocycles. The average Bonchev–Trinajstić information content (AvgIpc) is 2.77. The average molecular weight is 440 g/mol. The monoisotopic (exact) mass is 439 g/mol. The summed E-state index contributed by atoms with van der Waals surface area (Å²) in [5, 5.41) is 22.1. The fraction of sp³-hybridized carbons (Fsp3) is 0.519. The van der Waals surface area contributed by atoms with E-state index in [4.69, 9.17) is 4.74 Å². The molecule has 2 N–H and O–H groups in total. The molecule has 1 fully saturated rings. The lowest BCUT2D eigenvalue weighted by Crippen LogP contribution is -2.32. The fourth-order valence-corrected chi connectivity index (χ4v) is 4.52. The molecule has 1 aliphatic rings. The first-order chi connectivity index (χ1) is 15.4. The highest BCUT2D eigenvalue weighted by Crippen LogP contribution is 2.42. The molecule has 1 amide bonds. The second kappa shape index (κ2) is 11.3. The van der Waals surface area contributed by atoms with Crippen LogP contribution in [0.2, 0.25) is 0 Å². The maximum atomic E-state index is 12.7. The van der Waals surface area contributed by atoms with Crippen LogP contribution >= 0.6 is 0 Å². The second-order valence-corrected chi connectivity index (χ2v) is 9.08. The van der Waals surface area contributed by atoms with Crippen LogP contribution in [0.3, 0.4) is 0 Å². The van der Waals surface area contributed by atoms with Crippen molar-refractivity contribution in [3.63, 3.8) is 0 Å². The molecule has 174 valence electrons. The largest absolute Gasteiger partial charge is 0.507 e. The van der Waals surface area contributed by atoms with E-state index in [1.54, 1.807) is 13.1 Å². The molecular weight excluding hydrogens is 402 g/mol. The van der Waals surface area contributed by atoms with Crippen LogP contribution in [-0.2, 0) is 17.7 Å². The van der Waals surface area contributed by atoms with E-state index >= 15 is 0 Å². The number of nitrogens with zero attached hydrogens (tertiary/aromatic N) is 1. The molecule has 0 unspecified atom stereocenters. The second-order valence-electron chi connectivity index (χ2n) is 9.08. The van der Waals surface area contributed by atoms with Crippen molar-refractivity contribution in [3.05, 3.63) is 47.0 Å². The van der Waals surface area contributed by atoms with Crippen molar-refractivity contribution < 1.29 is 19.7 Å². The van der Waals surface area contributed by atoms with Gasteiger partial charge in [-0.15, -0.1) is 0 Å². The minimum Gasteiger partial charge on any atom is -0.507 e. The smallest absolute Gasteiger partial charge is 0.410 e. The number of amides is 1. The number of unbranched alkanes of at least 4 members (excludes halogenated alkanes) is 2. The summed E-state index contributed by atoms with van der Waals surface area (Å²) >= 11 is 0. The highest BCUT2D eigenvalue weighted by molar-refractivity contribution is 5.79. The lowest BCUT2D eigenvalue weighted by molar-refractivity contribution is 0.0496. The van der Waals surface area contributed by atoms with Gasteiger partial charge in [-0.2, -0.15) is 0 Å². The Balaban J connectivity index is 1.89. The number of rotatable bonds is 8. The number of ether oxygens (including phenoxy) is 1. The van der Waals surface area contributed by atoms with E-state index in [-0.39, 0.29) is 30.2 Å². The lowest BCUT2D eigenvalue weighted by atomic mass is 9.92. The van der Waals surface area contributed by atoms with Gasteiger partial charge in [-0.1, -0.05) is 56.0 Å². The third kappa shape index (κ3) is 5.96. The van der Waals surface area contributed by atoms with Crippen LogP contribution in [0.5, 0.6) is 11.5 Å². The van der Waals surface area contributed by atoms with E-state index in [9.17, 15) is 15.0 Å². The van der Waals surface area contributed by atoms with Gasteiger partial charge in [0.25, 0.3) is 0 Å². The molecule has 3 rings (SSSR count). The van der Waals surface area contributed by atoms with Gasteiger partial charge in [-0.05, 0) is 62.6 Å². The zero-order chi connectivity index (χ0) is 23.1. The van der Waals surface area contributed by atoms with Gasteiger partial charge in [0.15, 0.2) is 0 Å². The number of aromatic hydroxyl groups is 2. The number of hydrogen-bond acceptors (Lipinski definition) is 4. The third-order valence-electron chi connectivity index (χ3n) is 6.36. The Morgan fingerprint density at radius 3 is 2.56 bits per heavy atom. The lowest BCUT2D eigenvalue weighted by Gasteiger charge is -2.26. The van der Waals surface area contributed by atoms with Crippen LogP contribution in [0, 0.1) is 6.92 Å². The molecule has 2 aromatic carbocycles. The van der Waals surface area contributed by atoms with Gasteiger partial charge in [0.05, 0.1) is 12.1 Å². The Labute approximate surface area is 192 Å². The maximum absolute atomic E-state index is 12.7. The molecule has 2 aromatic rings. The number of benzene rings is 2. The molecule has 5 heteroatoms. The van der Waals surface area contributed by atoms with E-state index in [2.05, 4.69) is 6.92 Å². The normalized spacial score (nSPS) is 14.3. The summed E-state index contributed by atoms with van der Waals surface area (Å²) < 4.78 is 5.71. The summed E-state index contributed by atoms with van der Waals surface area (Å²) in [6.45, 7) is 4.36. The predicted octanol–water partition coefficient (Wildman–Crippen LogP) is 6.71. The SMILES string of the molecule is CCCCCc1cc(O)c(-c2cccc(C)c2)c(O)c1CN(C)C(=O)OC1CCCCC1. The first-order valence-electron chi connectivity index (χ1n) is 12.0. The standard InChI is InChI=1S/C27H37NO4/c1-4-5-7-12-20-17-24(29)25(21-13-10-11-19(2)16-21)26(30)23(20)18-28(3)27(31)32-22-14-8-6-9-15-22/h10-11,13,16-17,22,29-30H,4-9,12,14-15,18H2,1-3H3. The topological polar surface area (TPSA) is 70.0 Å². The quantitative estimate of drug-likeness (QED) is 0.449. The van der Waals surface area contributed by atoms with Crippen LogP contribution in [0.15, 0.2) is 30.3 Å². The molecular formula is C27H37NO4. The summed E-state index contributed by atoms with van der Waals surface area (Å²) in [6.07, 6.45) is 8.72. The van der Waals surface area contributed by atoms with Crippen molar-refractivity contribution in [3.8, 4) is 22.6 Å². The summed E-state index contributed by atoms with van der Waals surface area (Å²) in [5.74, 6) is 0.107. The van der Waals surface area contributed by atoms with Crippen molar-refractivity contribution in [2.24, 2.45) is 0 Å². The number of carbonyl (C=O) groups excluding carboxylic acids is 1. The van der Waals surface area contributed by atoms with Gasteiger partial charge in [0, 0.05) is 12.6 Å². The van der Waals surface area contributed by atoms with Crippen molar-refractivity contribution >= 4 is 6.09 Å². The maximum Gasteiger partial charge on any atom is 0.410 e. The van der Waals surface area contributed by atoms with Crippen LogP contribution < -0.4 is 0 Å². The fourth-order valence-electron chi connectivity index (χ4n) is 4.52. The molecule has 0 radical (unpaired) electrons. The molecule has 0 bridgehead atoms. The molecule has 0 aromatic heterocycles. The molecule has 5 nitrogen and oxygen atoms in total. The summed E-state index contributed by atoms with van der Waals surface area (Å²) in [5.41, 5.74) is 3.77. The Hall–Kier alpha value is -2.69. The van der Waals surface area contributed by atoms with Crippen LogP contribution in [0.1, 0.15) is 75.0 Å². The van der Waals surface area contributed by atoms with Crippen LogP contribution in [-0.4, -0.2) is 34.4 Å². The van der Waals surface area contributed by atoms with Gasteiger partial charge in [-0.3, -0.25) is 0 Å². The summed E-state index contributed by atoms with van der Waals surface area (Å²) in [7, 11) is 1.71. The molecule has 0 aliphatic heterocycles. The first-order valence-corrected chi connectivity index (χ1v) is 12.0. The van der Waals surface area contributed by atoms with Gasteiger partial charge >= 0.3 is 6.09 Å². The molecule has 32 heavy (non-hydrogen) atoms. The number of phenolic OH excluding ortho intramolecular Hbond substituents is 2. The highest BCUT2D eigenvalue weighted by atomic mass is 16.6. The minimum atomic E-state index is -0.360. The number of hydrogen-bond donors (Lipinski definition) is 2. The van der Waals surface area contributed by atoms with Crippen molar-refractivity contribution in [2.45, 2.75) is 84.3 Å². The number of aryl methyl sites for hydroxylation is 2. The Kier molecular flexibility index (Phi) is 8.43. The van der Waals surface area contributed by atoms with Crippen molar-refractivity contribution in [1.29, 1.82) is 0 Å². The number of carbonyl (C=O) groups is 1. The summed E-state index contributed by atoms with van der Waals surface area (Å²) in [6, 6.07) is 9.46. The molecule has 0 spiro atoms. The van der Waals surface area contributed by atoms with E-state index in [0.717, 1.165) is 68.1 Å². The molecule has 0 heterocycles. The van der Waals surface area contributed by atoms with E-state index in [1.165, 1.54) is 11.3 Å². The van der Waals surface area contributed by atoms with E-state index in [0.29, 0.717) is 11.1 Å². The van der Waals surface area contributed by atoms with Gasteiger partial charge in [0.1, 0.15) is 17.6 Å². The number of phenols is 2. The Morgan fingerprint density at radius 2 is 1.88 bits per heavy atom. The zero-order valence-corrected chi connectivity index (χ0v) is 19.7. The van der Waals surface area contributed by atoms with Gasteiger partial charge in [0.2, 0.25) is 0 Å². The Bertz CT molecular complexity index is 918. The summed E-state index contributed by atoms with van der Waals surface area (Å²) in [4.78, 5) is 14.3. The van der Waals surface area contributed by atoms with Crippen LogP contribution in [0.4, 0.5) is 4.79 Å². The van der Waals surface area contributed by atoms with E-state index < -0.39 is 0 Å². The molecule has 0 atom stereocenters. The van der Waals surface area contributed by atoms with E-state index in [1.807, 2.05) is 31.2 Å². The van der Waals surface area contributed by atoms with Gasteiger partial charge < -0.3 is 19.8 Å². The predicted molar refractivity (Wildman–Crippen MR) is 128 cm³/mol.